The third kappa shape index (κ3) is 3.45. The molecular formula is C20H14ClN5O4S2. The number of hydrogen-bond donors (Lipinski definition) is 4. The Morgan fingerprint density at radius 1 is 1.16 bits per heavy atom. The predicted octanol–water partition coefficient (Wildman–Crippen LogP) is 4.60. The summed E-state index contributed by atoms with van der Waals surface area (Å²) >= 11 is 7.05. The van der Waals surface area contributed by atoms with Gasteiger partial charge in [-0.3, -0.25) is 13.9 Å². The molecule has 0 amide bonds. The third-order valence-electron chi connectivity index (χ3n) is 4.72. The van der Waals surface area contributed by atoms with Gasteiger partial charge in [0.2, 0.25) is 0 Å². The molecule has 4 N–H and O–H groups in total. The molecule has 12 heteroatoms. The summed E-state index contributed by atoms with van der Waals surface area (Å²) in [5, 5.41) is 18.5. The van der Waals surface area contributed by atoms with Crippen molar-refractivity contribution in [1.82, 2.24) is 9.66 Å². The van der Waals surface area contributed by atoms with E-state index >= 15 is 0 Å². The van der Waals surface area contributed by atoms with Gasteiger partial charge in [0.1, 0.15) is 16.2 Å². The Morgan fingerprint density at radius 3 is 2.69 bits per heavy atom. The zero-order chi connectivity index (χ0) is 22.5. The summed E-state index contributed by atoms with van der Waals surface area (Å²) in [6.45, 7) is 0. The summed E-state index contributed by atoms with van der Waals surface area (Å²) in [5.41, 5.74) is -0.209. The van der Waals surface area contributed by atoms with Crippen LogP contribution in [0.1, 0.15) is 10.4 Å². The van der Waals surface area contributed by atoms with Crippen LogP contribution in [0.4, 0.5) is 5.69 Å². The SMILES string of the molecule is O=c1c(C2=NS(O)(O)c3ccccc3N2)c(O)c2ccccc2n1N=Cc1cnc(Cl)s1. The van der Waals surface area contributed by atoms with E-state index in [1.54, 1.807) is 42.5 Å². The number of amidine groups is 1. The second-order valence-corrected chi connectivity index (χ2v) is 10.0. The lowest BCUT2D eigenvalue weighted by Gasteiger charge is -2.34. The maximum Gasteiger partial charge on any atom is 0.286 e. The summed E-state index contributed by atoms with van der Waals surface area (Å²) in [6.07, 6.45) is 2.95. The number of fused-ring (bicyclic) bond motifs is 2. The van der Waals surface area contributed by atoms with Crippen LogP contribution >= 0.6 is 33.7 Å². The quantitative estimate of drug-likeness (QED) is 0.312. The summed E-state index contributed by atoms with van der Waals surface area (Å²) < 4.78 is 26.5. The number of aromatic hydroxyl groups is 1. The normalized spacial score (nSPS) is 15.9. The van der Waals surface area contributed by atoms with Crippen LogP contribution in [0.25, 0.3) is 10.9 Å². The van der Waals surface area contributed by atoms with Crippen LogP contribution in [0.5, 0.6) is 5.75 Å². The van der Waals surface area contributed by atoms with Crippen LogP contribution in [0.2, 0.25) is 4.47 Å². The molecule has 0 radical (unpaired) electrons. The zero-order valence-corrected chi connectivity index (χ0v) is 18.4. The number of hydrogen-bond acceptors (Lipinski definition) is 9. The maximum atomic E-state index is 13.4. The lowest BCUT2D eigenvalue weighted by atomic mass is 10.1. The van der Waals surface area contributed by atoms with Crippen molar-refractivity contribution in [3.63, 3.8) is 0 Å². The van der Waals surface area contributed by atoms with Gasteiger partial charge in [0.25, 0.3) is 5.56 Å². The molecule has 0 fully saturated rings. The summed E-state index contributed by atoms with van der Waals surface area (Å²) in [4.78, 5) is 18.2. The van der Waals surface area contributed by atoms with Gasteiger partial charge in [0.05, 0.1) is 22.3 Å². The van der Waals surface area contributed by atoms with E-state index in [-0.39, 0.29) is 22.0 Å². The van der Waals surface area contributed by atoms with Crippen LogP contribution in [0.3, 0.4) is 0 Å². The van der Waals surface area contributed by atoms with Crippen LogP contribution < -0.4 is 10.9 Å². The second kappa shape index (κ2) is 7.73. The predicted molar refractivity (Wildman–Crippen MR) is 128 cm³/mol. The smallest absolute Gasteiger partial charge is 0.286 e. The second-order valence-electron chi connectivity index (χ2n) is 6.70. The molecule has 5 rings (SSSR count). The number of halogens is 1. The van der Waals surface area contributed by atoms with Crippen molar-refractivity contribution in [3.8, 4) is 5.75 Å². The highest BCUT2D eigenvalue weighted by Gasteiger charge is 2.30. The topological polar surface area (TPSA) is 132 Å². The number of thiazole rings is 1. The Kier molecular flexibility index (Phi) is 4.99. The Hall–Kier alpha value is -3.22. The van der Waals surface area contributed by atoms with E-state index in [1.807, 2.05) is 0 Å². The first-order valence-corrected chi connectivity index (χ1v) is 11.8. The van der Waals surface area contributed by atoms with Crippen molar-refractivity contribution in [2.45, 2.75) is 4.90 Å². The Labute approximate surface area is 191 Å². The average Bonchev–Trinajstić information content (AvgIpc) is 3.18. The van der Waals surface area contributed by atoms with Crippen molar-refractivity contribution < 1.29 is 14.2 Å². The molecule has 4 aromatic rings. The van der Waals surface area contributed by atoms with Gasteiger partial charge < -0.3 is 10.4 Å². The van der Waals surface area contributed by atoms with Gasteiger partial charge in [0, 0.05) is 11.6 Å². The number of nitrogens with one attached hydrogen (secondary N) is 1. The molecule has 2 aromatic heterocycles. The summed E-state index contributed by atoms with van der Waals surface area (Å²) in [7, 11) is -3.59. The van der Waals surface area contributed by atoms with E-state index in [0.717, 1.165) is 4.68 Å². The van der Waals surface area contributed by atoms with Crippen LogP contribution in [0, 0.1) is 0 Å². The van der Waals surface area contributed by atoms with Crippen molar-refractivity contribution >= 4 is 62.4 Å². The summed E-state index contributed by atoms with van der Waals surface area (Å²) in [6, 6.07) is 13.2. The van der Waals surface area contributed by atoms with Gasteiger partial charge in [-0.2, -0.15) is 9.78 Å². The first kappa shape index (κ1) is 20.7. The highest BCUT2D eigenvalue weighted by Crippen LogP contribution is 2.55. The number of anilines is 1. The third-order valence-corrected chi connectivity index (χ3v) is 7.15. The van der Waals surface area contributed by atoms with Gasteiger partial charge in [-0.15, -0.1) is 15.7 Å². The van der Waals surface area contributed by atoms with E-state index in [1.165, 1.54) is 29.8 Å². The molecule has 3 heterocycles. The number of benzene rings is 2. The minimum atomic E-state index is -3.59. The number of para-hydroxylation sites is 2. The molecule has 1 aliphatic heterocycles. The molecule has 0 atom stereocenters. The van der Waals surface area contributed by atoms with Gasteiger partial charge in [-0.05, 0) is 24.3 Å². The maximum absolute atomic E-state index is 13.4. The van der Waals surface area contributed by atoms with Crippen molar-refractivity contribution in [1.29, 1.82) is 0 Å². The van der Waals surface area contributed by atoms with Crippen molar-refractivity contribution in [2.24, 2.45) is 9.50 Å². The Morgan fingerprint density at radius 2 is 1.91 bits per heavy atom. The highest BCUT2D eigenvalue weighted by atomic mass is 35.5. The highest BCUT2D eigenvalue weighted by molar-refractivity contribution is 8.23. The standard InChI is InChI=1S/C20H14ClN5O4S2/c21-20-22-9-11(31-20)10-23-26-14-7-3-1-5-12(14)17(27)16(19(26)28)18-24-13-6-2-4-8-15(13)32(29,30)25-18/h1-10,27,29-30H,(H,24,25). The number of nitrogens with zero attached hydrogens (tertiary/aromatic N) is 4. The fourth-order valence-corrected chi connectivity index (χ4v) is 5.31. The lowest BCUT2D eigenvalue weighted by Crippen LogP contribution is -2.31. The van der Waals surface area contributed by atoms with Crippen LogP contribution in [0.15, 0.2) is 73.9 Å². The minimum absolute atomic E-state index is 0.165. The molecule has 0 aliphatic carbocycles. The van der Waals surface area contributed by atoms with Gasteiger partial charge >= 0.3 is 0 Å². The van der Waals surface area contributed by atoms with E-state index in [0.29, 0.717) is 25.9 Å². The molecule has 1 aliphatic rings. The molecule has 0 spiro atoms. The molecule has 0 saturated heterocycles. The monoisotopic (exact) mass is 487 g/mol. The molecule has 9 nitrogen and oxygen atoms in total. The molecule has 32 heavy (non-hydrogen) atoms. The van der Waals surface area contributed by atoms with Gasteiger partial charge in [-0.1, -0.05) is 46.6 Å². The molecular weight excluding hydrogens is 474 g/mol. The van der Waals surface area contributed by atoms with Gasteiger partial charge in [0.15, 0.2) is 10.3 Å². The summed E-state index contributed by atoms with van der Waals surface area (Å²) in [5.74, 6) is -0.513. The minimum Gasteiger partial charge on any atom is -0.506 e. The number of pyridine rings is 1. The fourth-order valence-electron chi connectivity index (χ4n) is 3.32. The van der Waals surface area contributed by atoms with E-state index in [4.69, 9.17) is 11.6 Å². The van der Waals surface area contributed by atoms with E-state index in [2.05, 4.69) is 19.8 Å². The number of rotatable bonds is 3. The number of aromatic nitrogens is 2. The van der Waals surface area contributed by atoms with Gasteiger partial charge in [-0.25, -0.2) is 4.98 Å². The van der Waals surface area contributed by atoms with E-state index in [9.17, 15) is 19.0 Å². The first-order valence-electron chi connectivity index (χ1n) is 9.12. The molecule has 0 unspecified atom stereocenters. The first-order chi connectivity index (χ1) is 15.3. The van der Waals surface area contributed by atoms with Crippen molar-refractivity contribution in [2.75, 3.05) is 5.32 Å². The Balaban J connectivity index is 1.74. The van der Waals surface area contributed by atoms with Crippen LogP contribution in [-0.4, -0.2) is 35.9 Å². The molecule has 2 aromatic carbocycles. The zero-order valence-electron chi connectivity index (χ0n) is 16.0. The molecule has 0 bridgehead atoms. The van der Waals surface area contributed by atoms with E-state index < -0.39 is 16.3 Å². The van der Waals surface area contributed by atoms with Crippen LogP contribution in [-0.2, 0) is 0 Å². The molecule has 0 saturated carbocycles. The lowest BCUT2D eigenvalue weighted by molar-refractivity contribution is 0.478. The fraction of sp³-hybridized carbons (Fsp3) is 0. The Bertz CT molecular complexity index is 1500. The largest absolute Gasteiger partial charge is 0.506 e. The molecule has 162 valence electrons. The van der Waals surface area contributed by atoms with Crippen molar-refractivity contribution in [3.05, 3.63) is 80.0 Å². The average molecular weight is 488 g/mol.